The standard InChI is InChI=1S/C11H9Br2N5S/c12-8-6-15-10(9(13)17-8)18-11(19)16-5-7-2-1-3-14-4-7/h1-4,6H,5H2,(H2,15,16,18,19). The predicted molar refractivity (Wildman–Crippen MR) is 84.7 cm³/mol. The molecule has 0 radical (unpaired) electrons. The van der Waals surface area contributed by atoms with Gasteiger partial charge in [0.25, 0.3) is 0 Å². The molecule has 0 saturated heterocycles. The van der Waals surface area contributed by atoms with Crippen molar-refractivity contribution >= 4 is 55.0 Å². The number of halogens is 2. The Labute approximate surface area is 132 Å². The van der Waals surface area contributed by atoms with Gasteiger partial charge in [-0.25, -0.2) is 9.97 Å². The topological polar surface area (TPSA) is 62.7 Å². The van der Waals surface area contributed by atoms with Crippen LogP contribution >= 0.6 is 44.1 Å². The van der Waals surface area contributed by atoms with Crippen molar-refractivity contribution in [2.24, 2.45) is 0 Å². The Morgan fingerprint density at radius 1 is 1.32 bits per heavy atom. The minimum Gasteiger partial charge on any atom is -0.358 e. The first-order chi connectivity index (χ1) is 9.15. The maximum atomic E-state index is 5.18. The average molecular weight is 403 g/mol. The average Bonchev–Trinajstić information content (AvgIpc) is 2.41. The van der Waals surface area contributed by atoms with Crippen LogP contribution in [0.2, 0.25) is 0 Å². The summed E-state index contributed by atoms with van der Waals surface area (Å²) < 4.78 is 1.24. The summed E-state index contributed by atoms with van der Waals surface area (Å²) in [7, 11) is 0. The van der Waals surface area contributed by atoms with E-state index in [1.54, 1.807) is 18.6 Å². The van der Waals surface area contributed by atoms with Gasteiger partial charge >= 0.3 is 0 Å². The van der Waals surface area contributed by atoms with Gasteiger partial charge < -0.3 is 10.6 Å². The van der Waals surface area contributed by atoms with Gasteiger partial charge in [0.15, 0.2) is 10.9 Å². The van der Waals surface area contributed by atoms with E-state index in [2.05, 4.69) is 57.4 Å². The van der Waals surface area contributed by atoms with E-state index in [1.165, 1.54) is 0 Å². The minimum atomic E-state index is 0.473. The fourth-order valence-corrected chi connectivity index (χ4v) is 2.35. The van der Waals surface area contributed by atoms with Crippen LogP contribution in [-0.2, 0) is 6.54 Å². The maximum absolute atomic E-state index is 5.18. The number of nitrogens with zero attached hydrogens (tertiary/aromatic N) is 3. The molecule has 2 rings (SSSR count). The summed E-state index contributed by atoms with van der Waals surface area (Å²) in [6.45, 7) is 0.598. The van der Waals surface area contributed by atoms with E-state index in [1.807, 2.05) is 12.1 Å². The highest BCUT2D eigenvalue weighted by Gasteiger charge is 2.05. The highest BCUT2D eigenvalue weighted by molar-refractivity contribution is 9.11. The van der Waals surface area contributed by atoms with Crippen molar-refractivity contribution in [1.82, 2.24) is 20.3 Å². The highest BCUT2D eigenvalue weighted by Crippen LogP contribution is 2.19. The van der Waals surface area contributed by atoms with Crippen LogP contribution in [0.25, 0.3) is 0 Å². The summed E-state index contributed by atoms with van der Waals surface area (Å²) >= 11 is 11.7. The second-order valence-corrected chi connectivity index (χ2v) is 5.47. The SMILES string of the molecule is S=C(NCc1cccnc1)Nc1ncc(Br)nc1Br. The fourth-order valence-electron chi connectivity index (χ4n) is 1.27. The Kier molecular flexibility index (Phi) is 5.17. The second kappa shape index (κ2) is 6.88. The van der Waals surface area contributed by atoms with E-state index >= 15 is 0 Å². The number of nitrogens with one attached hydrogen (secondary N) is 2. The number of thiocarbonyl (C=S) groups is 1. The normalized spacial score (nSPS) is 10.0. The first-order valence-corrected chi connectivity index (χ1v) is 7.26. The third kappa shape index (κ3) is 4.48. The van der Waals surface area contributed by atoms with Gasteiger partial charge in [-0.3, -0.25) is 4.98 Å². The molecule has 2 aromatic heterocycles. The fraction of sp³-hybridized carbons (Fsp3) is 0.0909. The zero-order valence-electron chi connectivity index (χ0n) is 9.60. The van der Waals surface area contributed by atoms with Gasteiger partial charge in [-0.1, -0.05) is 6.07 Å². The summed E-state index contributed by atoms with van der Waals surface area (Å²) in [4.78, 5) is 12.4. The van der Waals surface area contributed by atoms with E-state index in [9.17, 15) is 0 Å². The molecule has 98 valence electrons. The summed E-state index contributed by atoms with van der Waals surface area (Å²) in [6.07, 6.45) is 5.11. The van der Waals surface area contributed by atoms with Crippen LogP contribution in [0.1, 0.15) is 5.56 Å². The van der Waals surface area contributed by atoms with Crippen molar-refractivity contribution in [1.29, 1.82) is 0 Å². The van der Waals surface area contributed by atoms with E-state index < -0.39 is 0 Å². The zero-order chi connectivity index (χ0) is 13.7. The van der Waals surface area contributed by atoms with E-state index in [0.29, 0.717) is 26.7 Å². The van der Waals surface area contributed by atoms with Crippen molar-refractivity contribution in [3.63, 3.8) is 0 Å². The van der Waals surface area contributed by atoms with E-state index in [4.69, 9.17) is 12.2 Å². The third-order valence-corrected chi connectivity index (χ3v) is 3.29. The lowest BCUT2D eigenvalue weighted by atomic mass is 10.3. The predicted octanol–water partition coefficient (Wildman–Crippen LogP) is 2.88. The van der Waals surface area contributed by atoms with Crippen LogP contribution in [0, 0.1) is 0 Å². The molecule has 0 aliphatic heterocycles. The Morgan fingerprint density at radius 2 is 2.16 bits per heavy atom. The lowest BCUT2D eigenvalue weighted by Crippen LogP contribution is -2.28. The summed E-state index contributed by atoms with van der Waals surface area (Å²) in [5.74, 6) is 0.562. The molecule has 19 heavy (non-hydrogen) atoms. The lowest BCUT2D eigenvalue weighted by Gasteiger charge is -2.10. The summed E-state index contributed by atoms with van der Waals surface area (Å²) in [5, 5.41) is 6.51. The van der Waals surface area contributed by atoms with Gasteiger partial charge in [0.2, 0.25) is 0 Å². The van der Waals surface area contributed by atoms with Crippen molar-refractivity contribution in [2.45, 2.75) is 6.54 Å². The Hall–Kier alpha value is -1.12. The number of hydrogen-bond donors (Lipinski definition) is 2. The van der Waals surface area contributed by atoms with Crippen molar-refractivity contribution in [3.05, 3.63) is 45.5 Å². The molecule has 8 heteroatoms. The molecule has 2 N–H and O–H groups in total. The van der Waals surface area contributed by atoms with Crippen LogP contribution in [-0.4, -0.2) is 20.1 Å². The van der Waals surface area contributed by atoms with Crippen LogP contribution in [0.4, 0.5) is 5.82 Å². The quantitative estimate of drug-likeness (QED) is 0.769. The third-order valence-electron chi connectivity index (χ3n) is 2.11. The number of anilines is 1. The summed E-state index contributed by atoms with van der Waals surface area (Å²) in [5.41, 5.74) is 1.05. The molecule has 0 unspecified atom stereocenters. The highest BCUT2D eigenvalue weighted by atomic mass is 79.9. The van der Waals surface area contributed by atoms with Crippen molar-refractivity contribution in [3.8, 4) is 0 Å². The molecule has 0 aromatic carbocycles. The molecule has 0 bridgehead atoms. The molecular weight excluding hydrogens is 394 g/mol. The van der Waals surface area contributed by atoms with Gasteiger partial charge in [-0.05, 0) is 55.7 Å². The monoisotopic (exact) mass is 401 g/mol. The minimum absolute atomic E-state index is 0.473. The van der Waals surface area contributed by atoms with Crippen molar-refractivity contribution < 1.29 is 0 Å². The largest absolute Gasteiger partial charge is 0.358 e. The van der Waals surface area contributed by atoms with E-state index in [-0.39, 0.29) is 0 Å². The number of pyridine rings is 1. The van der Waals surface area contributed by atoms with Crippen LogP contribution < -0.4 is 10.6 Å². The maximum Gasteiger partial charge on any atom is 0.172 e. The number of hydrogen-bond acceptors (Lipinski definition) is 4. The van der Waals surface area contributed by atoms with Gasteiger partial charge in [0, 0.05) is 18.9 Å². The van der Waals surface area contributed by atoms with Gasteiger partial charge in [-0.2, -0.15) is 0 Å². The Bertz CT molecular complexity index is 579. The van der Waals surface area contributed by atoms with Crippen LogP contribution in [0.5, 0.6) is 0 Å². The van der Waals surface area contributed by atoms with Gasteiger partial charge in [0.1, 0.15) is 9.21 Å². The van der Waals surface area contributed by atoms with E-state index in [0.717, 1.165) is 5.56 Å². The molecule has 0 aliphatic rings. The van der Waals surface area contributed by atoms with Crippen LogP contribution in [0.15, 0.2) is 39.9 Å². The number of rotatable bonds is 3. The molecule has 0 amide bonds. The Balaban J connectivity index is 1.91. The zero-order valence-corrected chi connectivity index (χ0v) is 13.6. The molecule has 2 heterocycles. The molecule has 0 aliphatic carbocycles. The molecule has 0 atom stereocenters. The second-order valence-electron chi connectivity index (χ2n) is 3.50. The van der Waals surface area contributed by atoms with Gasteiger partial charge in [0.05, 0.1) is 6.20 Å². The van der Waals surface area contributed by atoms with Gasteiger partial charge in [-0.15, -0.1) is 0 Å². The molecule has 0 saturated carbocycles. The molecule has 0 fully saturated rings. The molecule has 2 aromatic rings. The Morgan fingerprint density at radius 3 is 2.84 bits per heavy atom. The first kappa shape index (κ1) is 14.3. The first-order valence-electron chi connectivity index (χ1n) is 5.27. The smallest absolute Gasteiger partial charge is 0.172 e. The van der Waals surface area contributed by atoms with Crippen LogP contribution in [0.3, 0.4) is 0 Å². The molecule has 0 spiro atoms. The lowest BCUT2D eigenvalue weighted by molar-refractivity contribution is 0.915. The number of aromatic nitrogens is 3. The summed E-state index contributed by atoms with van der Waals surface area (Å²) in [6, 6.07) is 3.85. The van der Waals surface area contributed by atoms with Crippen molar-refractivity contribution in [2.75, 3.05) is 5.32 Å². The molecular formula is C11H9Br2N5S. The molecule has 5 nitrogen and oxygen atoms in total.